The van der Waals surface area contributed by atoms with Crippen LogP contribution in [-0.4, -0.2) is 43.1 Å². The minimum atomic E-state index is -0.300. The Balaban J connectivity index is 1.60. The van der Waals surface area contributed by atoms with E-state index < -0.39 is 0 Å². The van der Waals surface area contributed by atoms with Gasteiger partial charge >= 0.3 is 6.03 Å². The maximum atomic E-state index is 11.8. The lowest BCUT2D eigenvalue weighted by Gasteiger charge is -2.26. The number of carbonyl (C=O) groups is 2. The largest absolute Gasteiger partial charge is 0.378 e. The van der Waals surface area contributed by atoms with Crippen molar-refractivity contribution in [3.63, 3.8) is 0 Å². The van der Waals surface area contributed by atoms with Crippen LogP contribution >= 0.6 is 0 Å². The Bertz CT molecular complexity index is 456. The summed E-state index contributed by atoms with van der Waals surface area (Å²) in [4.78, 5) is 25.1. The molecule has 3 amide bonds. The van der Waals surface area contributed by atoms with E-state index >= 15 is 0 Å². The minimum absolute atomic E-state index is 0.195. The molecule has 5 nitrogen and oxygen atoms in total. The van der Waals surface area contributed by atoms with Crippen LogP contribution < -0.4 is 5.32 Å². The summed E-state index contributed by atoms with van der Waals surface area (Å²) >= 11 is 0. The maximum Gasteiger partial charge on any atom is 0.324 e. The van der Waals surface area contributed by atoms with Crippen LogP contribution in [0.15, 0.2) is 30.3 Å². The predicted molar refractivity (Wildman–Crippen MR) is 79.9 cm³/mol. The van der Waals surface area contributed by atoms with Crippen LogP contribution in [0.2, 0.25) is 0 Å². The van der Waals surface area contributed by atoms with Crippen LogP contribution in [0.4, 0.5) is 4.79 Å². The van der Waals surface area contributed by atoms with Crippen molar-refractivity contribution >= 4 is 11.9 Å². The van der Waals surface area contributed by atoms with Crippen LogP contribution in [0.25, 0.3) is 0 Å². The van der Waals surface area contributed by atoms with Gasteiger partial charge in [0.2, 0.25) is 5.91 Å². The van der Waals surface area contributed by atoms with Crippen LogP contribution in [-0.2, 0) is 16.0 Å². The Hall–Kier alpha value is -1.88. The van der Waals surface area contributed by atoms with E-state index in [4.69, 9.17) is 4.74 Å². The van der Waals surface area contributed by atoms with Gasteiger partial charge < -0.3 is 9.64 Å². The summed E-state index contributed by atoms with van der Waals surface area (Å²) < 4.78 is 5.17. The number of carbonyl (C=O) groups excluding carboxylic acids is 2. The first-order valence-corrected chi connectivity index (χ1v) is 7.46. The molecular weight excluding hydrogens is 268 g/mol. The highest BCUT2D eigenvalue weighted by Gasteiger charge is 2.18. The summed E-state index contributed by atoms with van der Waals surface area (Å²) in [6, 6.07) is 9.90. The van der Waals surface area contributed by atoms with Gasteiger partial charge in [-0.2, -0.15) is 0 Å². The number of nitrogens with zero attached hydrogens (tertiary/aromatic N) is 1. The fraction of sp³-hybridized carbons (Fsp3) is 0.500. The molecule has 0 atom stereocenters. The number of unbranched alkanes of at least 4 members (excludes halogenated alkanes) is 1. The van der Waals surface area contributed by atoms with Crippen LogP contribution in [0.5, 0.6) is 0 Å². The summed E-state index contributed by atoms with van der Waals surface area (Å²) in [6.45, 7) is 2.18. The molecule has 1 aromatic rings. The number of aryl methyl sites for hydroxylation is 1. The van der Waals surface area contributed by atoms with Crippen molar-refractivity contribution in [1.29, 1.82) is 0 Å². The van der Waals surface area contributed by atoms with Crippen molar-refractivity contribution in [3.8, 4) is 0 Å². The van der Waals surface area contributed by atoms with Crippen molar-refractivity contribution in [2.45, 2.75) is 25.7 Å². The van der Waals surface area contributed by atoms with Crippen LogP contribution in [0, 0.1) is 0 Å². The molecule has 0 saturated carbocycles. The average molecular weight is 290 g/mol. The fourth-order valence-corrected chi connectivity index (χ4v) is 2.29. The molecular formula is C16H22N2O3. The third-order valence-corrected chi connectivity index (χ3v) is 3.51. The zero-order valence-electron chi connectivity index (χ0n) is 12.2. The highest BCUT2D eigenvalue weighted by molar-refractivity contribution is 5.94. The Morgan fingerprint density at radius 1 is 1.10 bits per heavy atom. The Labute approximate surface area is 125 Å². The van der Waals surface area contributed by atoms with Crippen molar-refractivity contribution in [2.24, 2.45) is 0 Å². The number of rotatable bonds is 5. The summed E-state index contributed by atoms with van der Waals surface area (Å²) in [5.74, 6) is -0.195. The molecule has 0 spiro atoms. The first-order valence-electron chi connectivity index (χ1n) is 7.46. The van der Waals surface area contributed by atoms with Crippen LogP contribution in [0.1, 0.15) is 24.8 Å². The summed E-state index contributed by atoms with van der Waals surface area (Å²) in [6.07, 6.45) is 3.09. The quantitative estimate of drug-likeness (QED) is 0.843. The smallest absolute Gasteiger partial charge is 0.324 e. The highest BCUT2D eigenvalue weighted by atomic mass is 16.5. The molecule has 0 aliphatic carbocycles. The van der Waals surface area contributed by atoms with E-state index in [1.54, 1.807) is 4.90 Å². The lowest BCUT2D eigenvalue weighted by Crippen LogP contribution is -2.47. The number of urea groups is 1. The number of imide groups is 1. The van der Waals surface area contributed by atoms with Gasteiger partial charge in [0, 0.05) is 19.5 Å². The summed E-state index contributed by atoms with van der Waals surface area (Å²) in [5.41, 5.74) is 1.28. The number of morpholine rings is 1. The second-order valence-electron chi connectivity index (χ2n) is 5.15. The predicted octanol–water partition coefficient (Wildman–Crippen LogP) is 1.97. The average Bonchev–Trinajstić information content (AvgIpc) is 2.53. The van der Waals surface area contributed by atoms with E-state index in [0.29, 0.717) is 32.7 Å². The van der Waals surface area contributed by atoms with Gasteiger partial charge in [0.05, 0.1) is 13.2 Å². The first kappa shape index (κ1) is 15.5. The molecule has 1 heterocycles. The molecule has 1 aliphatic heterocycles. The van der Waals surface area contributed by atoms with E-state index in [1.807, 2.05) is 18.2 Å². The lowest BCUT2D eigenvalue weighted by atomic mass is 10.1. The summed E-state index contributed by atoms with van der Waals surface area (Å²) in [7, 11) is 0. The molecule has 0 radical (unpaired) electrons. The van der Waals surface area contributed by atoms with Gasteiger partial charge in [-0.3, -0.25) is 10.1 Å². The first-order chi connectivity index (χ1) is 10.3. The van der Waals surface area contributed by atoms with Gasteiger partial charge in [-0.05, 0) is 24.8 Å². The normalized spacial score (nSPS) is 14.8. The van der Waals surface area contributed by atoms with Gasteiger partial charge in [-0.15, -0.1) is 0 Å². The highest BCUT2D eigenvalue weighted by Crippen LogP contribution is 2.06. The molecule has 1 fully saturated rings. The number of benzene rings is 1. The molecule has 1 aromatic carbocycles. The molecule has 0 bridgehead atoms. The second-order valence-corrected chi connectivity index (χ2v) is 5.15. The molecule has 5 heteroatoms. The minimum Gasteiger partial charge on any atom is -0.378 e. The second kappa shape index (κ2) is 8.42. The van der Waals surface area contributed by atoms with Gasteiger partial charge in [-0.1, -0.05) is 30.3 Å². The lowest BCUT2D eigenvalue weighted by molar-refractivity contribution is -0.120. The number of amides is 3. The van der Waals surface area contributed by atoms with Crippen molar-refractivity contribution in [1.82, 2.24) is 10.2 Å². The zero-order valence-corrected chi connectivity index (χ0v) is 12.2. The molecule has 1 N–H and O–H groups in total. The number of hydrogen-bond donors (Lipinski definition) is 1. The Morgan fingerprint density at radius 3 is 2.52 bits per heavy atom. The SMILES string of the molecule is O=C(CCCCc1ccccc1)NC(=O)N1CCOCC1. The Morgan fingerprint density at radius 2 is 1.81 bits per heavy atom. The number of nitrogens with one attached hydrogen (secondary N) is 1. The van der Waals surface area contributed by atoms with E-state index in [1.165, 1.54) is 5.56 Å². The third kappa shape index (κ3) is 5.55. The van der Waals surface area contributed by atoms with Gasteiger partial charge in [0.25, 0.3) is 0 Å². The molecule has 2 rings (SSSR count). The van der Waals surface area contributed by atoms with Crippen molar-refractivity contribution < 1.29 is 14.3 Å². The topological polar surface area (TPSA) is 58.6 Å². The zero-order chi connectivity index (χ0) is 14.9. The molecule has 114 valence electrons. The van der Waals surface area contributed by atoms with E-state index in [0.717, 1.165) is 19.3 Å². The standard InChI is InChI=1S/C16H22N2O3/c19-15(17-16(20)18-10-12-21-13-11-18)9-5-4-8-14-6-2-1-3-7-14/h1-3,6-7H,4-5,8-13H2,(H,17,19,20). The molecule has 21 heavy (non-hydrogen) atoms. The van der Waals surface area contributed by atoms with Gasteiger partial charge in [-0.25, -0.2) is 4.79 Å². The molecule has 0 unspecified atom stereocenters. The molecule has 1 aliphatic rings. The van der Waals surface area contributed by atoms with E-state index in [9.17, 15) is 9.59 Å². The van der Waals surface area contributed by atoms with E-state index in [-0.39, 0.29) is 11.9 Å². The number of ether oxygens (including phenoxy) is 1. The van der Waals surface area contributed by atoms with Crippen molar-refractivity contribution in [3.05, 3.63) is 35.9 Å². The fourth-order valence-electron chi connectivity index (χ4n) is 2.29. The maximum absolute atomic E-state index is 11.8. The van der Waals surface area contributed by atoms with E-state index in [2.05, 4.69) is 17.4 Å². The molecule has 0 aromatic heterocycles. The monoisotopic (exact) mass is 290 g/mol. The number of hydrogen-bond acceptors (Lipinski definition) is 3. The van der Waals surface area contributed by atoms with Crippen LogP contribution in [0.3, 0.4) is 0 Å². The van der Waals surface area contributed by atoms with Crippen molar-refractivity contribution in [2.75, 3.05) is 26.3 Å². The third-order valence-electron chi connectivity index (χ3n) is 3.51. The molecule has 1 saturated heterocycles. The van der Waals surface area contributed by atoms with Gasteiger partial charge in [0.15, 0.2) is 0 Å². The van der Waals surface area contributed by atoms with Gasteiger partial charge in [0.1, 0.15) is 0 Å². The summed E-state index contributed by atoms with van der Waals surface area (Å²) in [5, 5.41) is 2.44. The Kier molecular flexibility index (Phi) is 6.22.